The zero-order chi connectivity index (χ0) is 21.0. The fraction of sp³-hybridized carbons (Fsp3) is 0.522. The maximum atomic E-state index is 12.1. The highest BCUT2D eigenvalue weighted by Gasteiger charge is 2.27. The summed E-state index contributed by atoms with van der Waals surface area (Å²) in [7, 11) is 1.69. The Hall–Kier alpha value is -2.47. The predicted molar refractivity (Wildman–Crippen MR) is 114 cm³/mol. The number of carbonyl (C=O) groups is 1. The molecule has 1 aliphatic heterocycles. The first kappa shape index (κ1) is 21.2. The van der Waals surface area contributed by atoms with Gasteiger partial charge >= 0.3 is 0 Å². The SMILES string of the molecule is COc1ccc(CN2CCC(c3nc(C)c(CC(=O)NC(C)C)c(C)n3)C2)cc1. The van der Waals surface area contributed by atoms with Crippen molar-refractivity contribution < 1.29 is 9.53 Å². The van der Waals surface area contributed by atoms with E-state index in [0.29, 0.717) is 12.3 Å². The number of aromatic nitrogens is 2. The normalized spacial score (nSPS) is 17.0. The first-order valence-electron chi connectivity index (χ1n) is 10.3. The molecule has 156 valence electrons. The van der Waals surface area contributed by atoms with Crippen LogP contribution in [0.1, 0.15) is 54.5 Å². The number of aryl methyl sites for hydroxylation is 2. The summed E-state index contributed by atoms with van der Waals surface area (Å²) in [6, 6.07) is 8.39. The lowest BCUT2D eigenvalue weighted by atomic mass is 10.0. The average Bonchev–Trinajstić information content (AvgIpc) is 3.13. The molecule has 1 atom stereocenters. The van der Waals surface area contributed by atoms with Crippen molar-refractivity contribution in [3.63, 3.8) is 0 Å². The summed E-state index contributed by atoms with van der Waals surface area (Å²) in [4.78, 5) is 24.1. The molecule has 1 aromatic carbocycles. The summed E-state index contributed by atoms with van der Waals surface area (Å²) in [6.07, 6.45) is 1.40. The van der Waals surface area contributed by atoms with Crippen LogP contribution in [-0.4, -0.2) is 47.0 Å². The zero-order valence-corrected chi connectivity index (χ0v) is 18.2. The molecular weight excluding hydrogens is 364 g/mol. The van der Waals surface area contributed by atoms with E-state index in [9.17, 15) is 4.79 Å². The van der Waals surface area contributed by atoms with Gasteiger partial charge in [0.2, 0.25) is 5.91 Å². The second-order valence-corrected chi connectivity index (χ2v) is 8.20. The number of hydrogen-bond donors (Lipinski definition) is 1. The molecular formula is C23H32N4O2. The minimum absolute atomic E-state index is 0.0223. The van der Waals surface area contributed by atoms with Gasteiger partial charge < -0.3 is 10.1 Å². The molecule has 2 aromatic rings. The van der Waals surface area contributed by atoms with Crippen molar-refractivity contribution in [3.8, 4) is 5.75 Å². The van der Waals surface area contributed by atoms with Gasteiger partial charge in [-0.2, -0.15) is 0 Å². The van der Waals surface area contributed by atoms with E-state index in [1.807, 2.05) is 39.8 Å². The number of ether oxygens (including phenoxy) is 1. The quantitative estimate of drug-likeness (QED) is 0.779. The molecule has 29 heavy (non-hydrogen) atoms. The largest absolute Gasteiger partial charge is 0.497 e. The second kappa shape index (κ2) is 9.35. The molecule has 0 saturated carbocycles. The van der Waals surface area contributed by atoms with Crippen LogP contribution in [0.15, 0.2) is 24.3 Å². The number of methoxy groups -OCH3 is 1. The Balaban J connectivity index is 1.64. The van der Waals surface area contributed by atoms with Crippen molar-refractivity contribution in [1.82, 2.24) is 20.2 Å². The molecule has 0 radical (unpaired) electrons. The molecule has 1 N–H and O–H groups in total. The third-order valence-electron chi connectivity index (χ3n) is 5.43. The van der Waals surface area contributed by atoms with Crippen molar-refractivity contribution in [2.75, 3.05) is 20.2 Å². The van der Waals surface area contributed by atoms with Crippen LogP contribution in [0.4, 0.5) is 0 Å². The number of rotatable bonds is 7. The van der Waals surface area contributed by atoms with Crippen LogP contribution in [0.5, 0.6) is 5.75 Å². The van der Waals surface area contributed by atoms with Crippen LogP contribution in [-0.2, 0) is 17.8 Å². The van der Waals surface area contributed by atoms with Crippen molar-refractivity contribution in [2.45, 2.75) is 59.0 Å². The third-order valence-corrected chi connectivity index (χ3v) is 5.43. The number of nitrogens with zero attached hydrogens (tertiary/aromatic N) is 3. The Morgan fingerprint density at radius 3 is 2.45 bits per heavy atom. The van der Waals surface area contributed by atoms with Crippen LogP contribution in [0, 0.1) is 13.8 Å². The number of amides is 1. The summed E-state index contributed by atoms with van der Waals surface area (Å²) < 4.78 is 5.23. The molecule has 3 rings (SSSR count). The van der Waals surface area contributed by atoms with Gasteiger partial charge in [-0.05, 0) is 58.4 Å². The lowest BCUT2D eigenvalue weighted by Gasteiger charge is -2.17. The van der Waals surface area contributed by atoms with Crippen LogP contribution >= 0.6 is 0 Å². The van der Waals surface area contributed by atoms with Crippen molar-refractivity contribution in [2.24, 2.45) is 0 Å². The van der Waals surface area contributed by atoms with Crippen LogP contribution in [0.2, 0.25) is 0 Å². The van der Waals surface area contributed by atoms with E-state index >= 15 is 0 Å². The minimum Gasteiger partial charge on any atom is -0.497 e. The fourth-order valence-electron chi connectivity index (χ4n) is 3.91. The van der Waals surface area contributed by atoms with Gasteiger partial charge in [0.25, 0.3) is 0 Å². The van der Waals surface area contributed by atoms with Crippen LogP contribution in [0.25, 0.3) is 0 Å². The fourth-order valence-corrected chi connectivity index (χ4v) is 3.91. The van der Waals surface area contributed by atoms with Gasteiger partial charge in [-0.3, -0.25) is 9.69 Å². The van der Waals surface area contributed by atoms with Crippen molar-refractivity contribution in [3.05, 3.63) is 52.6 Å². The maximum absolute atomic E-state index is 12.1. The minimum atomic E-state index is 0.0223. The number of carbonyl (C=O) groups excluding carboxylic acids is 1. The van der Waals surface area contributed by atoms with Crippen LogP contribution in [0.3, 0.4) is 0 Å². The van der Waals surface area contributed by atoms with Crippen LogP contribution < -0.4 is 10.1 Å². The number of likely N-dealkylation sites (tertiary alicyclic amines) is 1. The third kappa shape index (κ3) is 5.54. The topological polar surface area (TPSA) is 67.3 Å². The van der Waals surface area contributed by atoms with Crippen molar-refractivity contribution >= 4 is 5.91 Å². The monoisotopic (exact) mass is 396 g/mol. The molecule has 0 aliphatic carbocycles. The lowest BCUT2D eigenvalue weighted by Crippen LogP contribution is -2.32. The smallest absolute Gasteiger partial charge is 0.224 e. The molecule has 0 spiro atoms. The van der Waals surface area contributed by atoms with E-state index in [1.54, 1.807) is 7.11 Å². The summed E-state index contributed by atoms with van der Waals surface area (Å²) in [5.41, 5.74) is 4.06. The summed E-state index contributed by atoms with van der Waals surface area (Å²) in [5, 5.41) is 2.94. The maximum Gasteiger partial charge on any atom is 0.224 e. The first-order valence-corrected chi connectivity index (χ1v) is 10.3. The molecule has 1 amide bonds. The molecule has 1 fully saturated rings. The predicted octanol–water partition coefficient (Wildman–Crippen LogP) is 3.16. The lowest BCUT2D eigenvalue weighted by molar-refractivity contribution is -0.120. The molecule has 0 bridgehead atoms. The highest BCUT2D eigenvalue weighted by molar-refractivity contribution is 5.79. The van der Waals surface area contributed by atoms with Gasteiger partial charge in [-0.1, -0.05) is 12.1 Å². The van der Waals surface area contributed by atoms with Gasteiger partial charge in [0.15, 0.2) is 0 Å². The van der Waals surface area contributed by atoms with Gasteiger partial charge in [0, 0.05) is 42.0 Å². The van der Waals surface area contributed by atoms with Gasteiger partial charge in [0.1, 0.15) is 11.6 Å². The Morgan fingerprint density at radius 1 is 1.21 bits per heavy atom. The van der Waals surface area contributed by atoms with E-state index < -0.39 is 0 Å². The zero-order valence-electron chi connectivity index (χ0n) is 18.2. The Labute approximate surface area is 173 Å². The Kier molecular flexibility index (Phi) is 6.85. The summed E-state index contributed by atoms with van der Waals surface area (Å²) >= 11 is 0. The average molecular weight is 397 g/mol. The molecule has 6 heteroatoms. The molecule has 1 aromatic heterocycles. The van der Waals surface area contributed by atoms with Gasteiger partial charge in [-0.15, -0.1) is 0 Å². The number of hydrogen-bond acceptors (Lipinski definition) is 5. The first-order chi connectivity index (χ1) is 13.9. The summed E-state index contributed by atoms with van der Waals surface area (Å²) in [6.45, 7) is 10.8. The standard InChI is InChI=1S/C23H32N4O2/c1-15(2)24-22(28)12-21-16(3)25-23(26-17(21)4)19-10-11-27(14-19)13-18-6-8-20(29-5)9-7-18/h6-9,15,19H,10-14H2,1-5H3,(H,24,28). The van der Waals surface area contributed by atoms with Crippen molar-refractivity contribution in [1.29, 1.82) is 0 Å². The highest BCUT2D eigenvalue weighted by atomic mass is 16.5. The molecule has 1 aliphatic rings. The van der Waals surface area contributed by atoms with E-state index in [2.05, 4.69) is 22.3 Å². The number of benzene rings is 1. The highest BCUT2D eigenvalue weighted by Crippen LogP contribution is 2.27. The van der Waals surface area contributed by atoms with Gasteiger partial charge in [0.05, 0.1) is 13.5 Å². The van der Waals surface area contributed by atoms with Gasteiger partial charge in [-0.25, -0.2) is 9.97 Å². The Morgan fingerprint density at radius 2 is 1.86 bits per heavy atom. The number of nitrogens with one attached hydrogen (secondary N) is 1. The Bertz CT molecular complexity index is 825. The second-order valence-electron chi connectivity index (χ2n) is 8.20. The van der Waals surface area contributed by atoms with E-state index in [0.717, 1.165) is 54.6 Å². The van der Waals surface area contributed by atoms with E-state index in [1.165, 1.54) is 5.56 Å². The molecule has 1 unspecified atom stereocenters. The molecule has 2 heterocycles. The molecule has 1 saturated heterocycles. The van der Waals surface area contributed by atoms with E-state index in [4.69, 9.17) is 14.7 Å². The van der Waals surface area contributed by atoms with E-state index in [-0.39, 0.29) is 11.9 Å². The summed E-state index contributed by atoms with van der Waals surface area (Å²) in [5.74, 6) is 2.15. The molecule has 6 nitrogen and oxygen atoms in total.